The molecule has 0 radical (unpaired) electrons. The van der Waals surface area contributed by atoms with Crippen molar-refractivity contribution in [3.8, 4) is 0 Å². The van der Waals surface area contributed by atoms with Crippen LogP contribution in [0.2, 0.25) is 0 Å². The SMILES string of the molecule is ClN(Cl)C12CC3C4CC5CC3C(C1)C(C5)C4C2. The fourth-order valence-electron chi connectivity index (χ4n) is 7.08. The molecule has 0 amide bonds. The molecule has 0 aromatic rings. The average molecular weight is 272 g/mol. The van der Waals surface area contributed by atoms with Crippen LogP contribution < -0.4 is 0 Å². The van der Waals surface area contributed by atoms with Crippen LogP contribution >= 0.6 is 23.6 Å². The maximum atomic E-state index is 6.21. The second-order valence-electron chi connectivity index (χ2n) is 7.63. The molecule has 7 fully saturated rings. The van der Waals surface area contributed by atoms with Gasteiger partial charge in [0.2, 0.25) is 0 Å². The third-order valence-corrected chi connectivity index (χ3v) is 8.04. The Morgan fingerprint density at radius 1 is 0.706 bits per heavy atom. The molecule has 0 spiro atoms. The van der Waals surface area contributed by atoms with Crippen molar-refractivity contribution in [2.24, 2.45) is 41.4 Å². The molecule has 7 aliphatic rings. The van der Waals surface area contributed by atoms with Gasteiger partial charge in [0.15, 0.2) is 0 Å². The van der Waals surface area contributed by atoms with Crippen LogP contribution in [0.4, 0.5) is 0 Å². The minimum atomic E-state index is 0.163. The second-order valence-corrected chi connectivity index (χ2v) is 8.48. The minimum absolute atomic E-state index is 0.163. The van der Waals surface area contributed by atoms with Crippen molar-refractivity contribution >= 4 is 23.6 Å². The van der Waals surface area contributed by atoms with Crippen LogP contribution in [0.1, 0.15) is 38.5 Å². The molecule has 0 N–H and O–H groups in total. The van der Waals surface area contributed by atoms with Crippen LogP contribution in [-0.2, 0) is 0 Å². The van der Waals surface area contributed by atoms with E-state index < -0.39 is 0 Å². The van der Waals surface area contributed by atoms with Crippen molar-refractivity contribution in [2.45, 2.75) is 44.1 Å². The summed E-state index contributed by atoms with van der Waals surface area (Å²) in [6.45, 7) is 0. The highest BCUT2D eigenvalue weighted by Crippen LogP contribution is 2.73. The lowest BCUT2D eigenvalue weighted by Gasteiger charge is -2.72. The first-order valence-corrected chi connectivity index (χ1v) is 7.97. The number of hydrogen-bond donors (Lipinski definition) is 0. The van der Waals surface area contributed by atoms with Crippen molar-refractivity contribution < 1.29 is 0 Å². The summed E-state index contributed by atoms with van der Waals surface area (Å²) < 4.78 is 1.56. The molecule has 0 atom stereocenters. The maximum absolute atomic E-state index is 6.21. The number of nitrogens with zero attached hydrogens (tertiary/aromatic N) is 1. The van der Waals surface area contributed by atoms with Crippen LogP contribution in [0, 0.1) is 41.4 Å². The Kier molecular flexibility index (Phi) is 1.82. The van der Waals surface area contributed by atoms with Gasteiger partial charge >= 0.3 is 0 Å². The molecule has 0 heterocycles. The van der Waals surface area contributed by atoms with Crippen LogP contribution in [-0.4, -0.2) is 9.48 Å². The van der Waals surface area contributed by atoms with Gasteiger partial charge in [-0.3, -0.25) is 0 Å². The van der Waals surface area contributed by atoms with Gasteiger partial charge in [-0.25, -0.2) is 0 Å². The van der Waals surface area contributed by atoms with Crippen LogP contribution in [0.15, 0.2) is 0 Å². The molecular weight excluding hydrogens is 253 g/mol. The molecule has 0 aromatic heterocycles. The van der Waals surface area contributed by atoms with Crippen molar-refractivity contribution in [3.63, 3.8) is 0 Å². The Morgan fingerprint density at radius 2 is 1.12 bits per heavy atom. The molecular formula is C14H19Cl2N. The lowest BCUT2D eigenvalue weighted by atomic mass is 9.34. The first kappa shape index (κ1) is 10.3. The molecule has 94 valence electrons. The Hall–Kier alpha value is 0.540. The smallest absolute Gasteiger partial charge is 0.0534 e. The molecule has 7 saturated carbocycles. The average Bonchev–Trinajstić information content (AvgIpc) is 2.34. The van der Waals surface area contributed by atoms with Crippen molar-refractivity contribution in [1.29, 1.82) is 0 Å². The predicted octanol–water partition coefficient (Wildman–Crippen LogP) is 4.06. The van der Waals surface area contributed by atoms with E-state index in [0.29, 0.717) is 0 Å². The zero-order valence-corrected chi connectivity index (χ0v) is 11.5. The number of hydrogen-bond acceptors (Lipinski definition) is 1. The van der Waals surface area contributed by atoms with Crippen LogP contribution in [0.25, 0.3) is 0 Å². The fraction of sp³-hybridized carbons (Fsp3) is 1.00. The van der Waals surface area contributed by atoms with E-state index in [9.17, 15) is 0 Å². The minimum Gasteiger partial charge on any atom is -0.126 e. The van der Waals surface area contributed by atoms with Gasteiger partial charge in [0.1, 0.15) is 0 Å². The van der Waals surface area contributed by atoms with E-state index in [0.717, 1.165) is 41.4 Å². The van der Waals surface area contributed by atoms with Gasteiger partial charge in [-0.15, -0.1) is 3.94 Å². The zero-order valence-electron chi connectivity index (χ0n) is 9.99. The van der Waals surface area contributed by atoms with Gasteiger partial charge < -0.3 is 0 Å². The maximum Gasteiger partial charge on any atom is 0.0534 e. The molecule has 0 unspecified atom stereocenters. The highest BCUT2D eigenvalue weighted by molar-refractivity contribution is 6.34. The molecule has 7 aliphatic carbocycles. The summed E-state index contributed by atoms with van der Waals surface area (Å²) in [6.07, 6.45) is 8.49. The van der Waals surface area contributed by atoms with Gasteiger partial charge in [0, 0.05) is 0 Å². The Bertz CT molecular complexity index is 320. The molecule has 7 rings (SSSR count). The standard InChI is InChI=1S/C14H19Cl2N/c15-17(16)14-4-11-8-1-7-2-9(11)13(6-14)10(3-7)12(8)5-14/h7-13H,1-6H2. The highest BCUT2D eigenvalue weighted by atomic mass is 35.5. The lowest BCUT2D eigenvalue weighted by molar-refractivity contribution is -0.221. The van der Waals surface area contributed by atoms with E-state index in [4.69, 9.17) is 23.6 Å². The Morgan fingerprint density at radius 3 is 1.47 bits per heavy atom. The predicted molar refractivity (Wildman–Crippen MR) is 68.4 cm³/mol. The summed E-state index contributed by atoms with van der Waals surface area (Å²) in [7, 11) is 0. The van der Waals surface area contributed by atoms with E-state index in [-0.39, 0.29) is 5.54 Å². The van der Waals surface area contributed by atoms with Gasteiger partial charge in [-0.1, -0.05) is 0 Å². The summed E-state index contributed by atoms with van der Waals surface area (Å²) in [5.74, 6) is 7.16. The molecule has 17 heavy (non-hydrogen) atoms. The van der Waals surface area contributed by atoms with Crippen molar-refractivity contribution in [2.75, 3.05) is 0 Å². The Balaban J connectivity index is 1.63. The first-order chi connectivity index (χ1) is 8.18. The van der Waals surface area contributed by atoms with Gasteiger partial charge in [0.25, 0.3) is 0 Å². The number of rotatable bonds is 1. The Labute approximate surface area is 113 Å². The fourth-order valence-corrected chi connectivity index (χ4v) is 7.49. The van der Waals surface area contributed by atoms with E-state index in [1.807, 2.05) is 0 Å². The summed E-state index contributed by atoms with van der Waals surface area (Å²) in [6, 6.07) is 0. The van der Waals surface area contributed by atoms with E-state index in [1.165, 1.54) is 38.5 Å². The third-order valence-electron chi connectivity index (χ3n) is 7.32. The van der Waals surface area contributed by atoms with Crippen LogP contribution in [0.3, 0.4) is 0 Å². The number of halogens is 2. The van der Waals surface area contributed by atoms with Crippen molar-refractivity contribution in [3.05, 3.63) is 0 Å². The zero-order chi connectivity index (χ0) is 11.4. The molecule has 0 saturated heterocycles. The van der Waals surface area contributed by atoms with Gasteiger partial charge in [-0.2, -0.15) is 0 Å². The second kappa shape index (κ2) is 2.99. The quantitative estimate of drug-likeness (QED) is 0.651. The topological polar surface area (TPSA) is 3.24 Å². The molecule has 8 bridgehead atoms. The molecule has 0 aliphatic heterocycles. The molecule has 0 aromatic carbocycles. The summed E-state index contributed by atoms with van der Waals surface area (Å²) >= 11 is 12.4. The largest absolute Gasteiger partial charge is 0.126 e. The van der Waals surface area contributed by atoms with E-state index in [1.54, 1.807) is 3.94 Å². The van der Waals surface area contributed by atoms with Gasteiger partial charge in [-0.05, 0) is 104 Å². The summed E-state index contributed by atoms with van der Waals surface area (Å²) in [4.78, 5) is 0. The van der Waals surface area contributed by atoms with E-state index in [2.05, 4.69) is 0 Å². The normalized spacial score (nSPS) is 66.2. The molecule has 1 nitrogen and oxygen atoms in total. The highest BCUT2D eigenvalue weighted by Gasteiger charge is 2.68. The monoisotopic (exact) mass is 271 g/mol. The van der Waals surface area contributed by atoms with Crippen LogP contribution in [0.5, 0.6) is 0 Å². The van der Waals surface area contributed by atoms with E-state index >= 15 is 0 Å². The lowest BCUT2D eigenvalue weighted by Crippen LogP contribution is -2.69. The summed E-state index contributed by atoms with van der Waals surface area (Å²) in [5.41, 5.74) is 0.163. The van der Waals surface area contributed by atoms with Gasteiger partial charge in [0.05, 0.1) is 5.54 Å². The van der Waals surface area contributed by atoms with Crippen molar-refractivity contribution in [1.82, 2.24) is 3.94 Å². The third kappa shape index (κ3) is 1.06. The molecule has 3 heteroatoms. The summed E-state index contributed by atoms with van der Waals surface area (Å²) in [5, 5.41) is 0. The first-order valence-electron chi connectivity index (χ1n) is 7.30.